The summed E-state index contributed by atoms with van der Waals surface area (Å²) in [6.07, 6.45) is 6.30. The zero-order valence-electron chi connectivity index (χ0n) is 8.97. The molecular weight excluding hydrogens is 194 g/mol. The first kappa shape index (κ1) is 11.0. The molecule has 0 aromatic rings. The molecule has 0 spiro atoms. The second kappa shape index (κ2) is 5.05. The fraction of sp³-hybridized carbons (Fsp3) is 0.909. The minimum Gasteiger partial charge on any atom is -0.390 e. The standard InChI is InChI=1S/C11H19NO3/c13-8-9-4-3-7-12(9)15-11-6-2-1-5-10(11)14/h8-11,14H,1-7H2/t9-,10-,11-/m0/s1. The Labute approximate surface area is 90.2 Å². The predicted molar refractivity (Wildman–Crippen MR) is 55.1 cm³/mol. The SMILES string of the molecule is O=C[C@@H]1CCCN1O[C@H]1CCCC[C@@H]1O. The number of carbonyl (C=O) groups is 1. The van der Waals surface area contributed by atoms with Gasteiger partial charge in [-0.25, -0.2) is 0 Å². The summed E-state index contributed by atoms with van der Waals surface area (Å²) in [4.78, 5) is 16.5. The van der Waals surface area contributed by atoms with Gasteiger partial charge in [0.1, 0.15) is 12.4 Å². The van der Waals surface area contributed by atoms with E-state index in [1.165, 1.54) is 0 Å². The molecule has 4 nitrogen and oxygen atoms in total. The van der Waals surface area contributed by atoms with Crippen LogP contribution in [0.4, 0.5) is 0 Å². The molecule has 0 radical (unpaired) electrons. The number of rotatable bonds is 3. The Bertz CT molecular complexity index is 222. The number of aliphatic hydroxyl groups excluding tert-OH is 1. The van der Waals surface area contributed by atoms with Crippen LogP contribution < -0.4 is 0 Å². The van der Waals surface area contributed by atoms with Crippen LogP contribution in [0.2, 0.25) is 0 Å². The summed E-state index contributed by atoms with van der Waals surface area (Å²) in [6, 6.07) is -0.0980. The van der Waals surface area contributed by atoms with Gasteiger partial charge in [0.25, 0.3) is 0 Å². The van der Waals surface area contributed by atoms with Crippen molar-refractivity contribution in [1.29, 1.82) is 0 Å². The maximum atomic E-state index is 10.8. The largest absolute Gasteiger partial charge is 0.390 e. The highest BCUT2D eigenvalue weighted by Crippen LogP contribution is 2.25. The van der Waals surface area contributed by atoms with Gasteiger partial charge < -0.3 is 9.90 Å². The highest BCUT2D eigenvalue weighted by molar-refractivity contribution is 5.57. The number of hydroxylamine groups is 2. The minimum atomic E-state index is -0.355. The molecule has 1 aliphatic heterocycles. The van der Waals surface area contributed by atoms with E-state index in [-0.39, 0.29) is 18.2 Å². The molecule has 2 rings (SSSR count). The van der Waals surface area contributed by atoms with Crippen molar-refractivity contribution in [2.75, 3.05) is 6.54 Å². The van der Waals surface area contributed by atoms with Gasteiger partial charge in [-0.15, -0.1) is 0 Å². The molecule has 1 saturated carbocycles. The third kappa shape index (κ3) is 2.56. The summed E-state index contributed by atoms with van der Waals surface area (Å²) in [7, 11) is 0. The van der Waals surface area contributed by atoms with Gasteiger partial charge in [0.15, 0.2) is 0 Å². The fourth-order valence-electron chi connectivity index (χ4n) is 2.41. The van der Waals surface area contributed by atoms with E-state index >= 15 is 0 Å². The van der Waals surface area contributed by atoms with Crippen LogP contribution in [0.5, 0.6) is 0 Å². The lowest BCUT2D eigenvalue weighted by atomic mass is 9.95. The van der Waals surface area contributed by atoms with Crippen molar-refractivity contribution in [3.05, 3.63) is 0 Å². The van der Waals surface area contributed by atoms with Crippen LogP contribution >= 0.6 is 0 Å². The topological polar surface area (TPSA) is 49.8 Å². The maximum Gasteiger partial charge on any atom is 0.139 e. The van der Waals surface area contributed by atoms with Crippen LogP contribution in [0.3, 0.4) is 0 Å². The lowest BCUT2D eigenvalue weighted by molar-refractivity contribution is -0.232. The molecule has 86 valence electrons. The Balaban J connectivity index is 1.86. The predicted octanol–water partition coefficient (Wildman–Crippen LogP) is 0.885. The molecule has 4 heteroatoms. The molecular formula is C11H19NO3. The van der Waals surface area contributed by atoms with Gasteiger partial charge in [-0.05, 0) is 25.7 Å². The normalized spacial score (nSPS) is 38.1. The Morgan fingerprint density at radius 3 is 2.73 bits per heavy atom. The van der Waals surface area contributed by atoms with Crippen molar-refractivity contribution in [1.82, 2.24) is 5.06 Å². The molecule has 2 aliphatic rings. The van der Waals surface area contributed by atoms with Gasteiger partial charge in [-0.1, -0.05) is 12.8 Å². The molecule has 3 atom stereocenters. The highest BCUT2D eigenvalue weighted by Gasteiger charge is 2.31. The molecule has 0 amide bonds. The van der Waals surface area contributed by atoms with Crippen LogP contribution in [0.25, 0.3) is 0 Å². The van der Waals surface area contributed by atoms with Crippen molar-refractivity contribution in [2.24, 2.45) is 0 Å². The Morgan fingerprint density at radius 1 is 1.20 bits per heavy atom. The van der Waals surface area contributed by atoms with Gasteiger partial charge in [0.05, 0.1) is 12.1 Å². The van der Waals surface area contributed by atoms with Crippen LogP contribution in [0.15, 0.2) is 0 Å². The van der Waals surface area contributed by atoms with E-state index in [4.69, 9.17) is 4.84 Å². The summed E-state index contributed by atoms with van der Waals surface area (Å²) in [5.41, 5.74) is 0. The Morgan fingerprint density at radius 2 is 2.00 bits per heavy atom. The number of nitrogens with zero attached hydrogens (tertiary/aromatic N) is 1. The number of aliphatic hydroxyl groups is 1. The Hall–Kier alpha value is -0.450. The minimum absolute atomic E-state index is 0.0979. The van der Waals surface area contributed by atoms with Crippen LogP contribution in [-0.4, -0.2) is 41.3 Å². The van der Waals surface area contributed by atoms with Crippen molar-refractivity contribution in [2.45, 2.75) is 56.8 Å². The monoisotopic (exact) mass is 213 g/mol. The van der Waals surface area contributed by atoms with E-state index in [0.29, 0.717) is 0 Å². The summed E-state index contributed by atoms with van der Waals surface area (Å²) in [6.45, 7) is 0.812. The average Bonchev–Trinajstić information content (AvgIpc) is 2.69. The van der Waals surface area contributed by atoms with Crippen LogP contribution in [0, 0.1) is 0 Å². The summed E-state index contributed by atoms with van der Waals surface area (Å²) >= 11 is 0. The molecule has 0 aromatic carbocycles. The average molecular weight is 213 g/mol. The van der Waals surface area contributed by atoms with E-state index in [1.54, 1.807) is 5.06 Å². The molecule has 1 aliphatic carbocycles. The first-order chi connectivity index (χ1) is 7.31. The second-order valence-corrected chi connectivity index (χ2v) is 4.48. The fourth-order valence-corrected chi connectivity index (χ4v) is 2.41. The molecule has 0 unspecified atom stereocenters. The smallest absolute Gasteiger partial charge is 0.139 e. The summed E-state index contributed by atoms with van der Waals surface area (Å²) in [5, 5.41) is 11.5. The number of hydrogen-bond donors (Lipinski definition) is 1. The van der Waals surface area contributed by atoms with E-state index < -0.39 is 0 Å². The van der Waals surface area contributed by atoms with Crippen molar-refractivity contribution in [3.8, 4) is 0 Å². The number of hydrogen-bond acceptors (Lipinski definition) is 4. The first-order valence-electron chi connectivity index (χ1n) is 5.88. The first-order valence-corrected chi connectivity index (χ1v) is 5.88. The molecule has 0 aromatic heterocycles. The van der Waals surface area contributed by atoms with Gasteiger partial charge in [-0.2, -0.15) is 5.06 Å². The van der Waals surface area contributed by atoms with E-state index in [9.17, 15) is 9.90 Å². The van der Waals surface area contributed by atoms with E-state index in [2.05, 4.69) is 0 Å². The molecule has 1 saturated heterocycles. The number of aldehydes is 1. The molecule has 2 fully saturated rings. The van der Waals surface area contributed by atoms with Crippen LogP contribution in [0.1, 0.15) is 38.5 Å². The van der Waals surface area contributed by atoms with Crippen molar-refractivity contribution >= 4 is 6.29 Å². The zero-order chi connectivity index (χ0) is 10.7. The van der Waals surface area contributed by atoms with Crippen molar-refractivity contribution in [3.63, 3.8) is 0 Å². The third-order valence-corrected chi connectivity index (χ3v) is 3.34. The molecule has 15 heavy (non-hydrogen) atoms. The molecule has 1 heterocycles. The zero-order valence-corrected chi connectivity index (χ0v) is 8.97. The van der Waals surface area contributed by atoms with Crippen molar-refractivity contribution < 1.29 is 14.7 Å². The summed E-state index contributed by atoms with van der Waals surface area (Å²) in [5.74, 6) is 0. The third-order valence-electron chi connectivity index (χ3n) is 3.34. The highest BCUT2D eigenvalue weighted by atomic mass is 16.7. The summed E-state index contributed by atoms with van der Waals surface area (Å²) < 4.78 is 0. The second-order valence-electron chi connectivity index (χ2n) is 4.48. The van der Waals surface area contributed by atoms with E-state index in [1.807, 2.05) is 0 Å². The lowest BCUT2D eigenvalue weighted by Crippen LogP contribution is -2.41. The van der Waals surface area contributed by atoms with Gasteiger partial charge in [-0.3, -0.25) is 4.84 Å². The quantitative estimate of drug-likeness (QED) is 0.707. The lowest BCUT2D eigenvalue weighted by Gasteiger charge is -2.32. The Kier molecular flexibility index (Phi) is 3.72. The van der Waals surface area contributed by atoms with Gasteiger partial charge in [0, 0.05) is 6.54 Å². The van der Waals surface area contributed by atoms with E-state index in [0.717, 1.165) is 51.4 Å². The molecule has 1 N–H and O–H groups in total. The van der Waals surface area contributed by atoms with Gasteiger partial charge >= 0.3 is 0 Å². The number of carbonyl (C=O) groups excluding carboxylic acids is 1. The maximum absolute atomic E-state index is 10.8. The van der Waals surface area contributed by atoms with Crippen LogP contribution in [-0.2, 0) is 9.63 Å². The molecule has 0 bridgehead atoms. The van der Waals surface area contributed by atoms with Gasteiger partial charge in [0.2, 0.25) is 0 Å².